The lowest BCUT2D eigenvalue weighted by Gasteiger charge is -2.36. The summed E-state index contributed by atoms with van der Waals surface area (Å²) in [5, 5.41) is 44.4. The second-order valence-electron chi connectivity index (χ2n) is 2.76. The van der Waals surface area contributed by atoms with Gasteiger partial charge in [-0.15, -0.1) is 0 Å². The smallest absolute Gasteiger partial charge is 0.335 e. The molecule has 1 heterocycles. The molecule has 1 fully saturated rings. The van der Waals surface area contributed by atoms with Crippen LogP contribution in [0.25, 0.3) is 0 Å². The summed E-state index contributed by atoms with van der Waals surface area (Å²) in [4.78, 5) is 10.4. The van der Waals surface area contributed by atoms with Crippen molar-refractivity contribution in [2.24, 2.45) is 0 Å². The number of ether oxygens (including phenoxy) is 1. The van der Waals surface area contributed by atoms with Gasteiger partial charge in [-0.25, -0.2) is 4.79 Å². The van der Waals surface area contributed by atoms with Gasteiger partial charge in [0.25, 0.3) is 0 Å². The van der Waals surface area contributed by atoms with E-state index in [1.54, 1.807) is 0 Å². The van der Waals surface area contributed by atoms with E-state index in [1.807, 2.05) is 0 Å². The number of rotatable bonds is 1. The van der Waals surface area contributed by atoms with Gasteiger partial charge in [0.1, 0.15) is 18.3 Å². The lowest BCUT2D eigenvalue weighted by molar-refractivity contribution is -0.279. The standard InChI is InChI=1S/C6H10O7/c7-1-2(8)4(5(10)11)13-6(12)3(1)9/h1-4,6-9,12H,(H,10,11)/t1-,2+,3+,4-,6?/m1/s1. The third-order valence-corrected chi connectivity index (χ3v) is 1.83. The predicted molar refractivity (Wildman–Crippen MR) is 36.5 cm³/mol. The van der Waals surface area contributed by atoms with Gasteiger partial charge in [0, 0.05) is 0 Å². The molecule has 0 bridgehead atoms. The number of aliphatic hydroxyl groups excluding tert-OH is 4. The molecule has 0 radical (unpaired) electrons. The maximum Gasteiger partial charge on any atom is 0.335 e. The van der Waals surface area contributed by atoms with Crippen LogP contribution >= 0.6 is 0 Å². The highest BCUT2D eigenvalue weighted by Gasteiger charge is 2.46. The van der Waals surface area contributed by atoms with Crippen molar-refractivity contribution >= 4 is 5.97 Å². The summed E-state index contributed by atoms with van der Waals surface area (Å²) in [5.74, 6) is -1.52. The largest absolute Gasteiger partial charge is 0.479 e. The molecule has 5 atom stereocenters. The zero-order valence-electron chi connectivity index (χ0n) is 6.44. The van der Waals surface area contributed by atoms with Crippen LogP contribution in [0.1, 0.15) is 0 Å². The van der Waals surface area contributed by atoms with E-state index in [0.717, 1.165) is 0 Å². The number of carboxylic acid groups (broad SMARTS) is 1. The van der Waals surface area contributed by atoms with Gasteiger partial charge in [0.2, 0.25) is 0 Å². The molecule has 1 aliphatic rings. The third kappa shape index (κ3) is 1.79. The van der Waals surface area contributed by atoms with Crippen LogP contribution in [-0.2, 0) is 9.53 Å². The molecule has 0 aromatic rings. The van der Waals surface area contributed by atoms with Crippen molar-refractivity contribution in [3.8, 4) is 0 Å². The van der Waals surface area contributed by atoms with Crippen LogP contribution in [0.15, 0.2) is 0 Å². The minimum absolute atomic E-state index is 1.52. The molecule has 0 amide bonds. The van der Waals surface area contributed by atoms with Crippen molar-refractivity contribution in [3.63, 3.8) is 0 Å². The second-order valence-corrected chi connectivity index (χ2v) is 2.76. The monoisotopic (exact) mass is 194 g/mol. The number of aliphatic carboxylic acids is 1. The first kappa shape index (κ1) is 10.4. The van der Waals surface area contributed by atoms with Crippen molar-refractivity contribution in [2.75, 3.05) is 0 Å². The number of carbonyl (C=O) groups is 1. The minimum Gasteiger partial charge on any atom is -0.479 e. The normalized spacial score (nSPS) is 46.0. The molecule has 1 saturated heterocycles. The van der Waals surface area contributed by atoms with Crippen molar-refractivity contribution in [3.05, 3.63) is 0 Å². The van der Waals surface area contributed by atoms with Crippen molar-refractivity contribution in [1.29, 1.82) is 0 Å². The van der Waals surface area contributed by atoms with E-state index in [-0.39, 0.29) is 0 Å². The van der Waals surface area contributed by atoms with Gasteiger partial charge >= 0.3 is 5.97 Å². The van der Waals surface area contributed by atoms with Gasteiger partial charge in [-0.05, 0) is 0 Å². The van der Waals surface area contributed by atoms with Crippen LogP contribution in [0.2, 0.25) is 0 Å². The first-order valence-electron chi connectivity index (χ1n) is 3.55. The maximum atomic E-state index is 10.4. The number of hydrogen-bond acceptors (Lipinski definition) is 6. The van der Waals surface area contributed by atoms with E-state index in [4.69, 9.17) is 25.5 Å². The fourth-order valence-electron chi connectivity index (χ4n) is 1.07. The molecule has 0 aromatic heterocycles. The van der Waals surface area contributed by atoms with E-state index in [9.17, 15) is 4.79 Å². The Morgan fingerprint density at radius 3 is 2.00 bits per heavy atom. The summed E-state index contributed by atoms with van der Waals surface area (Å²) in [6, 6.07) is 0. The Morgan fingerprint density at radius 1 is 1.00 bits per heavy atom. The van der Waals surface area contributed by atoms with E-state index < -0.39 is 36.7 Å². The molecule has 7 heteroatoms. The molecule has 76 valence electrons. The fourth-order valence-corrected chi connectivity index (χ4v) is 1.07. The number of aliphatic hydroxyl groups is 4. The molecule has 5 N–H and O–H groups in total. The molecule has 0 aromatic carbocycles. The Morgan fingerprint density at radius 2 is 1.54 bits per heavy atom. The van der Waals surface area contributed by atoms with Crippen LogP contribution in [0.5, 0.6) is 0 Å². The highest BCUT2D eigenvalue weighted by Crippen LogP contribution is 2.19. The number of carboxylic acids is 1. The topological polar surface area (TPSA) is 127 Å². The Bertz CT molecular complexity index is 205. The van der Waals surface area contributed by atoms with Crippen LogP contribution in [0.4, 0.5) is 0 Å². The van der Waals surface area contributed by atoms with Crippen molar-refractivity contribution in [1.82, 2.24) is 0 Å². The first-order chi connectivity index (χ1) is 5.95. The molecule has 0 spiro atoms. The molecule has 1 rings (SSSR count). The average Bonchev–Trinajstić information content (AvgIpc) is 2.07. The summed E-state index contributed by atoms with van der Waals surface area (Å²) in [6.07, 6.45) is -8.72. The van der Waals surface area contributed by atoms with Crippen LogP contribution in [-0.4, -0.2) is 62.2 Å². The molecule has 1 unspecified atom stereocenters. The lowest BCUT2D eigenvalue weighted by Crippen LogP contribution is -2.59. The highest BCUT2D eigenvalue weighted by molar-refractivity contribution is 5.73. The van der Waals surface area contributed by atoms with Crippen LogP contribution in [0, 0.1) is 0 Å². The Labute approximate surface area is 72.8 Å². The molecule has 1 aliphatic heterocycles. The van der Waals surface area contributed by atoms with Crippen LogP contribution < -0.4 is 0 Å². The van der Waals surface area contributed by atoms with E-state index in [2.05, 4.69) is 4.74 Å². The second kappa shape index (κ2) is 3.56. The molecule has 0 aliphatic carbocycles. The van der Waals surface area contributed by atoms with E-state index >= 15 is 0 Å². The fraction of sp³-hybridized carbons (Fsp3) is 0.833. The van der Waals surface area contributed by atoms with Gasteiger partial charge in [0.05, 0.1) is 0 Å². The highest BCUT2D eigenvalue weighted by atomic mass is 16.6. The summed E-state index contributed by atoms with van der Waals surface area (Å²) >= 11 is 0. The molecule has 7 nitrogen and oxygen atoms in total. The minimum atomic E-state index is -1.81. The Kier molecular flexibility index (Phi) is 2.84. The van der Waals surface area contributed by atoms with Gasteiger partial charge in [-0.1, -0.05) is 0 Å². The maximum absolute atomic E-state index is 10.4. The average molecular weight is 194 g/mol. The van der Waals surface area contributed by atoms with Crippen molar-refractivity contribution in [2.45, 2.75) is 30.7 Å². The quantitative estimate of drug-likeness (QED) is 0.298. The molecular weight excluding hydrogens is 184 g/mol. The summed E-state index contributed by atoms with van der Waals surface area (Å²) in [5.41, 5.74) is 0. The van der Waals surface area contributed by atoms with Gasteiger partial charge in [0.15, 0.2) is 12.4 Å². The number of hydrogen-bond donors (Lipinski definition) is 5. The summed E-state index contributed by atoms with van der Waals surface area (Å²) < 4.78 is 4.34. The zero-order valence-corrected chi connectivity index (χ0v) is 6.44. The molecule has 0 saturated carbocycles. The van der Waals surface area contributed by atoms with Gasteiger partial charge < -0.3 is 30.3 Å². The Hall–Kier alpha value is -0.730. The van der Waals surface area contributed by atoms with E-state index in [0.29, 0.717) is 0 Å². The Balaban J connectivity index is 2.76. The first-order valence-corrected chi connectivity index (χ1v) is 3.55. The van der Waals surface area contributed by atoms with Gasteiger partial charge in [-0.3, -0.25) is 0 Å². The van der Waals surface area contributed by atoms with Gasteiger partial charge in [-0.2, -0.15) is 0 Å². The van der Waals surface area contributed by atoms with E-state index in [1.165, 1.54) is 0 Å². The molecular formula is C6H10O7. The van der Waals surface area contributed by atoms with Crippen LogP contribution in [0.3, 0.4) is 0 Å². The SMILES string of the molecule is O=C(O)[C@@H]1OC(O)[C@@H](O)[C@H](O)[C@@H]1O. The zero-order chi connectivity index (χ0) is 10.2. The lowest BCUT2D eigenvalue weighted by atomic mass is 9.99. The molecule has 13 heavy (non-hydrogen) atoms. The predicted octanol–water partition coefficient (Wildman–Crippen LogP) is -3.13. The van der Waals surface area contributed by atoms with Crippen molar-refractivity contribution < 1.29 is 35.1 Å². The third-order valence-electron chi connectivity index (χ3n) is 1.83. The summed E-state index contributed by atoms with van der Waals surface area (Å²) in [6.45, 7) is 0. The summed E-state index contributed by atoms with van der Waals surface area (Å²) in [7, 11) is 0.